The molecular formula is C17H18ClN3O4S. The third-order valence-corrected chi connectivity index (χ3v) is 4.61. The van der Waals surface area contributed by atoms with Crippen LogP contribution < -0.4 is 20.9 Å². The molecule has 0 spiro atoms. The van der Waals surface area contributed by atoms with E-state index in [1.807, 2.05) is 30.3 Å². The van der Waals surface area contributed by atoms with E-state index in [2.05, 4.69) is 16.1 Å². The normalized spacial score (nSPS) is 15.9. The van der Waals surface area contributed by atoms with Gasteiger partial charge >= 0.3 is 6.09 Å². The third-order valence-electron chi connectivity index (χ3n) is 3.50. The molecule has 0 saturated heterocycles. The largest absolute Gasteiger partial charge is 0.413 e. The van der Waals surface area contributed by atoms with Crippen LogP contribution in [0.15, 0.2) is 42.5 Å². The summed E-state index contributed by atoms with van der Waals surface area (Å²) in [5.41, 5.74) is 5.56. The number of amides is 1. The van der Waals surface area contributed by atoms with Crippen molar-refractivity contribution in [3.8, 4) is 5.06 Å². The van der Waals surface area contributed by atoms with Gasteiger partial charge < -0.3 is 20.5 Å². The van der Waals surface area contributed by atoms with Crippen molar-refractivity contribution in [2.75, 3.05) is 25.0 Å². The van der Waals surface area contributed by atoms with Gasteiger partial charge in [-0.25, -0.2) is 4.79 Å². The first kappa shape index (κ1) is 18.5. The predicted molar refractivity (Wildman–Crippen MR) is 101 cm³/mol. The average molecular weight is 396 g/mol. The number of ether oxygens (including phenoxy) is 1. The quantitative estimate of drug-likeness (QED) is 0.576. The molecule has 138 valence electrons. The maximum Gasteiger partial charge on any atom is 0.413 e. The van der Waals surface area contributed by atoms with Crippen LogP contribution in [-0.2, 0) is 4.84 Å². The summed E-state index contributed by atoms with van der Waals surface area (Å²) in [7, 11) is 0. The summed E-state index contributed by atoms with van der Waals surface area (Å²) in [5.74, 6) is 0. The number of anilines is 1. The molecule has 0 radical (unpaired) electrons. The molecule has 0 bridgehead atoms. The molecule has 4 N–H and O–H groups in total. The number of rotatable bonds is 7. The Hall–Kier alpha value is -2.26. The molecule has 7 nitrogen and oxygen atoms in total. The molecule has 3 rings (SSSR count). The molecule has 2 aromatic rings. The van der Waals surface area contributed by atoms with E-state index >= 15 is 0 Å². The van der Waals surface area contributed by atoms with Gasteiger partial charge in [0.25, 0.3) is 0 Å². The zero-order chi connectivity index (χ0) is 18.4. The number of nitrogens with one attached hydrogen (secondary N) is 3. The minimum atomic E-state index is -0.562. The van der Waals surface area contributed by atoms with E-state index in [1.54, 1.807) is 12.1 Å². The number of aliphatic hydroxyl groups excluding tert-OH is 1. The van der Waals surface area contributed by atoms with Crippen molar-refractivity contribution in [2.45, 2.75) is 6.10 Å². The number of thiophene rings is 1. The van der Waals surface area contributed by atoms with Crippen molar-refractivity contribution in [3.05, 3.63) is 52.4 Å². The van der Waals surface area contributed by atoms with Crippen molar-refractivity contribution in [1.82, 2.24) is 10.8 Å². The molecule has 0 aliphatic carbocycles. The van der Waals surface area contributed by atoms with Crippen LogP contribution in [0.5, 0.6) is 5.06 Å². The summed E-state index contributed by atoms with van der Waals surface area (Å²) < 4.78 is 5.67. The Bertz CT molecular complexity index is 779. The van der Waals surface area contributed by atoms with E-state index in [-0.39, 0.29) is 19.3 Å². The van der Waals surface area contributed by atoms with Gasteiger partial charge in [0.2, 0.25) is 0 Å². The zero-order valence-corrected chi connectivity index (χ0v) is 15.3. The van der Waals surface area contributed by atoms with E-state index in [0.717, 1.165) is 16.9 Å². The lowest BCUT2D eigenvalue weighted by Crippen LogP contribution is -2.34. The van der Waals surface area contributed by atoms with Crippen LogP contribution >= 0.6 is 22.9 Å². The van der Waals surface area contributed by atoms with Crippen LogP contribution in [0.3, 0.4) is 0 Å². The lowest BCUT2D eigenvalue weighted by Gasteiger charge is -2.09. The second-order valence-electron chi connectivity index (χ2n) is 5.40. The van der Waals surface area contributed by atoms with Crippen molar-refractivity contribution in [1.29, 1.82) is 0 Å². The third kappa shape index (κ3) is 5.12. The fourth-order valence-corrected chi connectivity index (χ4v) is 3.15. The maximum absolute atomic E-state index is 11.8. The number of carbonyl (C=O) groups is 1. The molecule has 0 saturated carbocycles. The van der Waals surface area contributed by atoms with Gasteiger partial charge in [0.1, 0.15) is 6.10 Å². The Balaban J connectivity index is 1.48. The van der Waals surface area contributed by atoms with Crippen LogP contribution in [0, 0.1) is 0 Å². The molecule has 1 aromatic heterocycles. The molecular weight excluding hydrogens is 378 g/mol. The molecule has 2 heterocycles. The smallest absolute Gasteiger partial charge is 0.399 e. The van der Waals surface area contributed by atoms with Crippen molar-refractivity contribution >= 4 is 40.4 Å². The summed E-state index contributed by atoms with van der Waals surface area (Å²) in [4.78, 5) is 17.2. The minimum Gasteiger partial charge on any atom is -0.399 e. The van der Waals surface area contributed by atoms with Gasteiger partial charge in [-0.15, -0.1) is 0 Å². The summed E-state index contributed by atoms with van der Waals surface area (Å²) in [6, 6.07) is 11.0. The molecule has 1 atom stereocenters. The Morgan fingerprint density at radius 1 is 1.31 bits per heavy atom. The second-order valence-corrected chi connectivity index (χ2v) is 7.07. The molecule has 0 fully saturated rings. The van der Waals surface area contributed by atoms with Crippen LogP contribution in [0.25, 0.3) is 5.70 Å². The Labute approximate surface area is 159 Å². The van der Waals surface area contributed by atoms with Gasteiger partial charge in [0.15, 0.2) is 5.06 Å². The summed E-state index contributed by atoms with van der Waals surface area (Å²) in [5, 5.41) is 15.0. The Morgan fingerprint density at radius 2 is 2.12 bits per heavy atom. The van der Waals surface area contributed by atoms with Gasteiger partial charge in [-0.3, -0.25) is 10.3 Å². The molecule has 1 aromatic carbocycles. The molecule has 1 aliphatic rings. The van der Waals surface area contributed by atoms with Crippen LogP contribution in [0.4, 0.5) is 10.5 Å². The minimum absolute atomic E-state index is 0.0823. The maximum atomic E-state index is 11.8. The van der Waals surface area contributed by atoms with Gasteiger partial charge in [0, 0.05) is 12.2 Å². The standard InChI is InChI=1S/C17H18ClN3O4S/c18-15-5-6-16(26-15)24-17(23)20-10-13-9-14(21-25-13)11-1-3-12(4-2-11)19-7-8-22/h1-6,9,13,19,21-22H,7-8,10H2,(H,20,23). The van der Waals surface area contributed by atoms with Crippen molar-refractivity contribution in [2.24, 2.45) is 0 Å². The summed E-state index contributed by atoms with van der Waals surface area (Å²) >= 11 is 6.97. The number of aliphatic hydroxyl groups is 1. The number of hydrogen-bond acceptors (Lipinski definition) is 7. The van der Waals surface area contributed by atoms with Gasteiger partial charge in [-0.1, -0.05) is 35.1 Å². The van der Waals surface area contributed by atoms with Crippen LogP contribution in [-0.4, -0.2) is 37.0 Å². The first-order valence-corrected chi connectivity index (χ1v) is 9.13. The molecule has 1 unspecified atom stereocenters. The van der Waals surface area contributed by atoms with Crippen LogP contribution in [0.2, 0.25) is 4.34 Å². The number of halogens is 1. The highest BCUT2D eigenvalue weighted by atomic mass is 35.5. The molecule has 1 amide bonds. The Morgan fingerprint density at radius 3 is 2.81 bits per heavy atom. The molecule has 9 heteroatoms. The number of hydroxylamine groups is 1. The fourth-order valence-electron chi connectivity index (χ4n) is 2.28. The van der Waals surface area contributed by atoms with E-state index in [0.29, 0.717) is 15.9 Å². The van der Waals surface area contributed by atoms with Crippen molar-refractivity contribution in [3.63, 3.8) is 0 Å². The molecule has 1 aliphatic heterocycles. The van der Waals surface area contributed by atoms with Crippen LogP contribution in [0.1, 0.15) is 5.56 Å². The SMILES string of the molecule is O=C(NCC1C=C(c2ccc(NCCO)cc2)NO1)Oc1ccc(Cl)s1. The van der Waals surface area contributed by atoms with E-state index in [9.17, 15) is 4.79 Å². The van der Waals surface area contributed by atoms with E-state index in [1.165, 1.54) is 11.3 Å². The van der Waals surface area contributed by atoms with E-state index < -0.39 is 6.09 Å². The van der Waals surface area contributed by atoms with Crippen molar-refractivity contribution < 1.29 is 19.5 Å². The number of carbonyl (C=O) groups excluding carboxylic acids is 1. The first-order chi connectivity index (χ1) is 12.6. The number of benzene rings is 1. The zero-order valence-electron chi connectivity index (χ0n) is 13.7. The van der Waals surface area contributed by atoms with E-state index in [4.69, 9.17) is 26.3 Å². The lowest BCUT2D eigenvalue weighted by molar-refractivity contribution is 0.0520. The molecule has 26 heavy (non-hydrogen) atoms. The lowest BCUT2D eigenvalue weighted by atomic mass is 10.1. The average Bonchev–Trinajstić information content (AvgIpc) is 3.28. The number of hydrogen-bond donors (Lipinski definition) is 4. The van der Waals surface area contributed by atoms with Gasteiger partial charge in [-0.2, -0.15) is 0 Å². The predicted octanol–water partition coefficient (Wildman–Crippen LogP) is 2.84. The highest BCUT2D eigenvalue weighted by Crippen LogP contribution is 2.28. The highest BCUT2D eigenvalue weighted by Gasteiger charge is 2.19. The monoisotopic (exact) mass is 395 g/mol. The summed E-state index contributed by atoms with van der Waals surface area (Å²) in [6.45, 7) is 0.856. The fraction of sp³-hybridized carbons (Fsp3) is 0.235. The highest BCUT2D eigenvalue weighted by molar-refractivity contribution is 7.17. The second kappa shape index (κ2) is 8.91. The van der Waals surface area contributed by atoms with Gasteiger partial charge in [0.05, 0.1) is 23.2 Å². The topological polar surface area (TPSA) is 91.9 Å². The summed E-state index contributed by atoms with van der Waals surface area (Å²) in [6.07, 6.45) is 1.02. The van der Waals surface area contributed by atoms with Gasteiger partial charge in [-0.05, 0) is 35.9 Å². The first-order valence-electron chi connectivity index (χ1n) is 7.94. The Kier molecular flexibility index (Phi) is 6.35.